The number of thiophene rings is 1. The monoisotopic (exact) mass is 420 g/mol. The molecule has 154 valence electrons. The van der Waals surface area contributed by atoms with E-state index >= 15 is 0 Å². The Bertz CT molecular complexity index is 1320. The molecule has 0 bridgehead atoms. The Labute approximate surface area is 178 Å². The molecule has 1 aromatic carbocycles. The highest BCUT2D eigenvalue weighted by atomic mass is 32.1. The summed E-state index contributed by atoms with van der Waals surface area (Å²) in [5.41, 5.74) is 3.81. The Balaban J connectivity index is 1.51. The Hall–Kier alpha value is -2.93. The number of aromatic nitrogens is 3. The highest BCUT2D eigenvalue weighted by Gasteiger charge is 2.28. The van der Waals surface area contributed by atoms with Crippen molar-refractivity contribution in [1.29, 1.82) is 0 Å². The molecular formula is C23H24N4O2S. The molecule has 5 rings (SSSR count). The molecule has 1 amide bonds. The van der Waals surface area contributed by atoms with Crippen LogP contribution in [0.2, 0.25) is 0 Å². The minimum absolute atomic E-state index is 0.0179. The summed E-state index contributed by atoms with van der Waals surface area (Å²) in [5.74, 6) is 0.554. The van der Waals surface area contributed by atoms with Gasteiger partial charge in [-0.1, -0.05) is 31.2 Å². The molecule has 1 N–H and O–H groups in total. The number of fused-ring (bicyclic) bond motifs is 4. The summed E-state index contributed by atoms with van der Waals surface area (Å²) < 4.78 is 4.30. The Morgan fingerprint density at radius 3 is 2.97 bits per heavy atom. The number of hydrogen-bond acceptors (Lipinski definition) is 4. The fourth-order valence-electron chi connectivity index (χ4n) is 4.65. The van der Waals surface area contributed by atoms with Gasteiger partial charge < -0.3 is 5.32 Å². The molecule has 0 aliphatic heterocycles. The molecule has 6 nitrogen and oxygen atoms in total. The van der Waals surface area contributed by atoms with E-state index in [9.17, 15) is 9.59 Å². The highest BCUT2D eigenvalue weighted by Crippen LogP contribution is 2.30. The first-order valence-corrected chi connectivity index (χ1v) is 11.3. The third-order valence-electron chi connectivity index (χ3n) is 6.10. The fourth-order valence-corrected chi connectivity index (χ4v) is 5.45. The average molecular weight is 421 g/mol. The molecular weight excluding hydrogens is 396 g/mol. The molecule has 2 atom stereocenters. The van der Waals surface area contributed by atoms with Gasteiger partial charge in [0.1, 0.15) is 17.4 Å². The van der Waals surface area contributed by atoms with Gasteiger partial charge >= 0.3 is 0 Å². The van der Waals surface area contributed by atoms with Crippen molar-refractivity contribution in [3.05, 3.63) is 69.1 Å². The number of nitrogens with zero attached hydrogens (tertiary/aromatic N) is 3. The number of carbonyl (C=O) groups excluding carboxylic acids is 1. The third-order valence-corrected chi connectivity index (χ3v) is 6.95. The summed E-state index contributed by atoms with van der Waals surface area (Å²) in [6.45, 7) is 3.80. The van der Waals surface area contributed by atoms with E-state index in [1.807, 2.05) is 47.9 Å². The molecule has 4 aromatic rings. The van der Waals surface area contributed by atoms with Gasteiger partial charge in [0, 0.05) is 0 Å². The van der Waals surface area contributed by atoms with Gasteiger partial charge in [0.2, 0.25) is 5.91 Å². The molecule has 1 aliphatic carbocycles. The molecule has 3 aromatic heterocycles. The van der Waals surface area contributed by atoms with E-state index in [4.69, 9.17) is 0 Å². The van der Waals surface area contributed by atoms with Crippen LogP contribution in [-0.4, -0.2) is 20.1 Å². The van der Waals surface area contributed by atoms with Crippen molar-refractivity contribution in [2.75, 3.05) is 0 Å². The first-order chi connectivity index (χ1) is 14.6. The summed E-state index contributed by atoms with van der Waals surface area (Å²) >= 11 is 1.60. The molecule has 0 saturated carbocycles. The highest BCUT2D eigenvalue weighted by molar-refractivity contribution is 7.17. The van der Waals surface area contributed by atoms with E-state index < -0.39 is 6.04 Å². The maximum atomic E-state index is 13.3. The smallest absolute Gasteiger partial charge is 0.291 e. The maximum Gasteiger partial charge on any atom is 0.291 e. The molecule has 3 heterocycles. The lowest BCUT2D eigenvalue weighted by molar-refractivity contribution is -0.125. The second-order valence-corrected chi connectivity index (χ2v) is 8.86. The summed E-state index contributed by atoms with van der Waals surface area (Å²) in [6.07, 6.45) is 3.50. The van der Waals surface area contributed by atoms with Crippen molar-refractivity contribution in [2.24, 2.45) is 0 Å². The van der Waals surface area contributed by atoms with Crippen molar-refractivity contribution in [3.8, 4) is 0 Å². The van der Waals surface area contributed by atoms with Crippen LogP contribution in [-0.2, 0) is 11.2 Å². The molecule has 7 heteroatoms. The number of nitrogens with one attached hydrogen (secondary N) is 1. The van der Waals surface area contributed by atoms with E-state index in [1.165, 1.54) is 15.8 Å². The zero-order chi connectivity index (χ0) is 20.8. The van der Waals surface area contributed by atoms with Crippen LogP contribution >= 0.6 is 11.3 Å². The average Bonchev–Trinajstić information content (AvgIpc) is 3.34. The predicted molar refractivity (Wildman–Crippen MR) is 119 cm³/mol. The van der Waals surface area contributed by atoms with Crippen LogP contribution in [0.1, 0.15) is 55.2 Å². The molecule has 0 saturated heterocycles. The lowest BCUT2D eigenvalue weighted by Gasteiger charge is -2.28. The fraction of sp³-hybridized carbons (Fsp3) is 0.348. The number of carbonyl (C=O) groups is 1. The lowest BCUT2D eigenvalue weighted by Crippen LogP contribution is -2.41. The summed E-state index contributed by atoms with van der Waals surface area (Å²) in [5, 5.41) is 9.75. The Kier molecular flexibility index (Phi) is 4.70. The maximum absolute atomic E-state index is 13.3. The van der Waals surface area contributed by atoms with E-state index in [0.717, 1.165) is 29.5 Å². The number of aryl methyl sites for hydroxylation is 2. The topological polar surface area (TPSA) is 68.4 Å². The van der Waals surface area contributed by atoms with Gasteiger partial charge in [-0.15, -0.1) is 11.3 Å². The van der Waals surface area contributed by atoms with Crippen molar-refractivity contribution in [1.82, 2.24) is 19.5 Å². The largest absolute Gasteiger partial charge is 0.347 e. The van der Waals surface area contributed by atoms with Gasteiger partial charge in [0.05, 0.1) is 16.3 Å². The van der Waals surface area contributed by atoms with Gasteiger partial charge in [-0.25, -0.2) is 4.68 Å². The van der Waals surface area contributed by atoms with E-state index in [1.54, 1.807) is 11.3 Å². The second-order valence-electron chi connectivity index (χ2n) is 7.91. The summed E-state index contributed by atoms with van der Waals surface area (Å²) in [6, 6.07) is 11.5. The third kappa shape index (κ3) is 2.96. The molecule has 0 fully saturated rings. The van der Waals surface area contributed by atoms with Gasteiger partial charge in [0.15, 0.2) is 0 Å². The minimum atomic E-state index is -0.636. The van der Waals surface area contributed by atoms with Crippen molar-refractivity contribution >= 4 is 33.0 Å². The van der Waals surface area contributed by atoms with Crippen molar-refractivity contribution in [3.63, 3.8) is 0 Å². The SMILES string of the molecule is CC[C@@H](C(=O)N[C@@H]1CCCc2ccccc21)n1nc(C)n2c(cc3sccc32)c1=O. The van der Waals surface area contributed by atoms with Crippen molar-refractivity contribution in [2.45, 2.75) is 51.6 Å². The van der Waals surface area contributed by atoms with Crippen molar-refractivity contribution < 1.29 is 4.79 Å². The van der Waals surface area contributed by atoms with Gasteiger partial charge in [0.25, 0.3) is 5.56 Å². The number of benzene rings is 1. The van der Waals surface area contributed by atoms with E-state index in [0.29, 0.717) is 17.8 Å². The van der Waals surface area contributed by atoms with Gasteiger partial charge in [-0.3, -0.25) is 14.0 Å². The number of hydrogen-bond donors (Lipinski definition) is 1. The Morgan fingerprint density at radius 1 is 1.30 bits per heavy atom. The van der Waals surface area contributed by atoms with E-state index in [2.05, 4.69) is 22.5 Å². The molecule has 0 spiro atoms. The zero-order valence-corrected chi connectivity index (χ0v) is 17.9. The van der Waals surface area contributed by atoms with Crippen LogP contribution in [0.3, 0.4) is 0 Å². The van der Waals surface area contributed by atoms with Crippen LogP contribution < -0.4 is 10.9 Å². The second kappa shape index (κ2) is 7.40. The normalized spacial score (nSPS) is 17.2. The minimum Gasteiger partial charge on any atom is -0.347 e. The number of amides is 1. The summed E-state index contributed by atoms with van der Waals surface area (Å²) in [4.78, 5) is 26.5. The molecule has 30 heavy (non-hydrogen) atoms. The molecule has 0 unspecified atom stereocenters. The van der Waals surface area contributed by atoms with Gasteiger partial charge in [-0.2, -0.15) is 5.10 Å². The quantitative estimate of drug-likeness (QED) is 0.539. The van der Waals surface area contributed by atoms with Crippen LogP contribution in [0, 0.1) is 6.92 Å². The Morgan fingerprint density at radius 2 is 2.13 bits per heavy atom. The zero-order valence-electron chi connectivity index (χ0n) is 17.1. The lowest BCUT2D eigenvalue weighted by atomic mass is 9.87. The van der Waals surface area contributed by atoms with Crippen LogP contribution in [0.4, 0.5) is 0 Å². The molecule has 1 aliphatic rings. The molecule has 0 radical (unpaired) electrons. The van der Waals surface area contributed by atoms with Crippen LogP contribution in [0.25, 0.3) is 15.7 Å². The first-order valence-electron chi connectivity index (χ1n) is 10.4. The first kappa shape index (κ1) is 19.1. The standard InChI is InChI=1S/C23H24N4O2S/c1-3-18(22(28)24-17-10-6-8-15-7-4-5-9-16(15)17)27-23(29)20-13-21-19(11-12-30-21)26(20)14(2)25-27/h4-5,7,9,11-13,17-18H,3,6,8,10H2,1-2H3,(H,24,28)/t17-,18+/m1/s1. The van der Waals surface area contributed by atoms with Crippen LogP contribution in [0.5, 0.6) is 0 Å². The predicted octanol–water partition coefficient (Wildman–Crippen LogP) is 4.16. The summed E-state index contributed by atoms with van der Waals surface area (Å²) in [7, 11) is 0. The van der Waals surface area contributed by atoms with Crippen LogP contribution in [0.15, 0.2) is 46.6 Å². The number of rotatable bonds is 4. The van der Waals surface area contributed by atoms with Gasteiger partial charge in [-0.05, 0) is 61.2 Å². The van der Waals surface area contributed by atoms with E-state index in [-0.39, 0.29) is 17.5 Å².